The summed E-state index contributed by atoms with van der Waals surface area (Å²) < 4.78 is 5.42. The molecule has 2 nitrogen and oxygen atoms in total. The lowest BCUT2D eigenvalue weighted by Gasteiger charge is -2.17. The van der Waals surface area contributed by atoms with Crippen molar-refractivity contribution in [1.29, 1.82) is 0 Å². The van der Waals surface area contributed by atoms with E-state index in [2.05, 4.69) is 0 Å². The van der Waals surface area contributed by atoms with Crippen LogP contribution in [0.25, 0.3) is 0 Å². The van der Waals surface area contributed by atoms with Crippen molar-refractivity contribution < 1.29 is 9.53 Å². The maximum Gasteiger partial charge on any atom is 0.197 e. The summed E-state index contributed by atoms with van der Waals surface area (Å²) in [6.07, 6.45) is 12.5. The van der Waals surface area contributed by atoms with E-state index in [1.165, 1.54) is 38.5 Å². The molecule has 0 aromatic heterocycles. The van der Waals surface area contributed by atoms with Gasteiger partial charge in [0.2, 0.25) is 0 Å². The predicted octanol–water partition coefficient (Wildman–Crippen LogP) is 3.61. The Morgan fingerprint density at radius 2 is 1.94 bits per heavy atom. The van der Waals surface area contributed by atoms with Crippen LogP contribution in [0.1, 0.15) is 57.8 Å². The number of ketones is 1. The van der Waals surface area contributed by atoms with Crippen molar-refractivity contribution in [2.75, 3.05) is 6.61 Å². The molecule has 0 amide bonds. The second-order valence-corrected chi connectivity index (χ2v) is 5.04. The SMILES string of the molecule is O=C(CC1CCCCCC1)C1=CCCCO1. The van der Waals surface area contributed by atoms with E-state index < -0.39 is 0 Å². The van der Waals surface area contributed by atoms with Gasteiger partial charge >= 0.3 is 0 Å². The molecule has 1 heterocycles. The number of Topliss-reactive ketones (excluding diaryl/α,β-unsaturated/α-hetero) is 1. The minimum Gasteiger partial charge on any atom is -0.490 e. The molecule has 2 rings (SSSR count). The zero-order valence-corrected chi connectivity index (χ0v) is 10.0. The molecule has 2 heteroatoms. The Balaban J connectivity index is 1.83. The van der Waals surface area contributed by atoms with Gasteiger partial charge in [0.05, 0.1) is 6.61 Å². The average molecular weight is 222 g/mol. The minimum absolute atomic E-state index is 0.242. The largest absolute Gasteiger partial charge is 0.490 e. The number of hydrogen-bond acceptors (Lipinski definition) is 2. The first-order valence-electron chi connectivity index (χ1n) is 6.72. The fraction of sp³-hybridized carbons (Fsp3) is 0.786. The molecule has 0 spiro atoms. The molecule has 1 saturated carbocycles. The maximum absolute atomic E-state index is 12.0. The summed E-state index contributed by atoms with van der Waals surface area (Å²) in [4.78, 5) is 12.0. The average Bonchev–Trinajstić information content (AvgIpc) is 2.59. The van der Waals surface area contributed by atoms with Crippen molar-refractivity contribution in [2.45, 2.75) is 57.8 Å². The van der Waals surface area contributed by atoms with E-state index in [-0.39, 0.29) is 5.78 Å². The highest BCUT2D eigenvalue weighted by atomic mass is 16.5. The van der Waals surface area contributed by atoms with Crippen LogP contribution in [-0.4, -0.2) is 12.4 Å². The Hall–Kier alpha value is -0.790. The van der Waals surface area contributed by atoms with Crippen LogP contribution >= 0.6 is 0 Å². The van der Waals surface area contributed by atoms with Crippen LogP contribution in [0.3, 0.4) is 0 Å². The van der Waals surface area contributed by atoms with Gasteiger partial charge in [0.1, 0.15) is 0 Å². The topological polar surface area (TPSA) is 26.3 Å². The van der Waals surface area contributed by atoms with Crippen molar-refractivity contribution in [1.82, 2.24) is 0 Å². The lowest BCUT2D eigenvalue weighted by molar-refractivity contribution is -0.120. The lowest BCUT2D eigenvalue weighted by atomic mass is 9.93. The third kappa shape index (κ3) is 3.36. The van der Waals surface area contributed by atoms with Crippen LogP contribution in [0.2, 0.25) is 0 Å². The van der Waals surface area contributed by atoms with Gasteiger partial charge in [-0.25, -0.2) is 0 Å². The Kier molecular flexibility index (Phi) is 4.44. The molecular formula is C14H22O2. The van der Waals surface area contributed by atoms with E-state index in [0.29, 0.717) is 18.1 Å². The van der Waals surface area contributed by atoms with Gasteiger partial charge in [0.15, 0.2) is 11.5 Å². The fourth-order valence-corrected chi connectivity index (χ4v) is 2.68. The minimum atomic E-state index is 0.242. The Morgan fingerprint density at radius 3 is 2.56 bits per heavy atom. The molecular weight excluding hydrogens is 200 g/mol. The molecule has 2 aliphatic rings. The van der Waals surface area contributed by atoms with Crippen LogP contribution < -0.4 is 0 Å². The van der Waals surface area contributed by atoms with E-state index in [1.807, 2.05) is 6.08 Å². The van der Waals surface area contributed by atoms with Gasteiger partial charge in [-0.15, -0.1) is 0 Å². The number of allylic oxidation sites excluding steroid dienone is 2. The normalized spacial score (nSPS) is 23.1. The Bertz CT molecular complexity index is 260. The van der Waals surface area contributed by atoms with E-state index in [0.717, 1.165) is 19.4 Å². The number of ether oxygens (including phenoxy) is 1. The lowest BCUT2D eigenvalue weighted by Crippen LogP contribution is -2.15. The van der Waals surface area contributed by atoms with E-state index in [9.17, 15) is 4.79 Å². The highest BCUT2D eigenvalue weighted by Crippen LogP contribution is 2.27. The van der Waals surface area contributed by atoms with E-state index in [4.69, 9.17) is 4.74 Å². The zero-order valence-electron chi connectivity index (χ0n) is 10.0. The molecule has 90 valence electrons. The van der Waals surface area contributed by atoms with Gasteiger partial charge in [-0.1, -0.05) is 38.5 Å². The van der Waals surface area contributed by atoms with Gasteiger partial charge in [0, 0.05) is 6.42 Å². The molecule has 1 aliphatic heterocycles. The van der Waals surface area contributed by atoms with Gasteiger partial charge < -0.3 is 4.74 Å². The molecule has 16 heavy (non-hydrogen) atoms. The van der Waals surface area contributed by atoms with Crippen LogP contribution in [0.4, 0.5) is 0 Å². The molecule has 0 radical (unpaired) electrons. The molecule has 0 saturated heterocycles. The second-order valence-electron chi connectivity index (χ2n) is 5.04. The summed E-state index contributed by atoms with van der Waals surface area (Å²) in [6.45, 7) is 0.724. The molecule has 0 aromatic rings. The monoisotopic (exact) mass is 222 g/mol. The third-order valence-electron chi connectivity index (χ3n) is 3.66. The summed E-state index contributed by atoms with van der Waals surface area (Å²) in [5.41, 5.74) is 0. The van der Waals surface area contributed by atoms with Gasteiger partial charge in [-0.05, 0) is 24.8 Å². The standard InChI is InChI=1S/C14H22O2/c15-13(14-9-5-6-10-16-14)11-12-7-3-1-2-4-8-12/h9,12H,1-8,10-11H2. The molecule has 1 aliphatic carbocycles. The molecule has 0 bridgehead atoms. The van der Waals surface area contributed by atoms with Gasteiger partial charge in [-0.2, -0.15) is 0 Å². The smallest absolute Gasteiger partial charge is 0.197 e. The van der Waals surface area contributed by atoms with Crippen LogP contribution in [0, 0.1) is 5.92 Å². The summed E-state index contributed by atoms with van der Waals surface area (Å²) >= 11 is 0. The molecule has 0 atom stereocenters. The third-order valence-corrected chi connectivity index (χ3v) is 3.66. The highest BCUT2D eigenvalue weighted by Gasteiger charge is 2.20. The quantitative estimate of drug-likeness (QED) is 0.682. The molecule has 0 N–H and O–H groups in total. The van der Waals surface area contributed by atoms with Crippen LogP contribution in [-0.2, 0) is 9.53 Å². The van der Waals surface area contributed by atoms with Crippen molar-refractivity contribution in [3.8, 4) is 0 Å². The van der Waals surface area contributed by atoms with E-state index >= 15 is 0 Å². The predicted molar refractivity (Wildman–Crippen MR) is 64.1 cm³/mol. The van der Waals surface area contributed by atoms with Crippen molar-refractivity contribution in [2.24, 2.45) is 5.92 Å². The number of carbonyl (C=O) groups is 1. The van der Waals surface area contributed by atoms with E-state index in [1.54, 1.807) is 0 Å². The zero-order chi connectivity index (χ0) is 11.2. The number of carbonyl (C=O) groups excluding carboxylic acids is 1. The Morgan fingerprint density at radius 1 is 1.19 bits per heavy atom. The first kappa shape index (κ1) is 11.7. The highest BCUT2D eigenvalue weighted by molar-refractivity contribution is 5.93. The van der Waals surface area contributed by atoms with Crippen molar-refractivity contribution in [3.05, 3.63) is 11.8 Å². The van der Waals surface area contributed by atoms with Gasteiger partial charge in [0.25, 0.3) is 0 Å². The van der Waals surface area contributed by atoms with Crippen molar-refractivity contribution in [3.63, 3.8) is 0 Å². The first-order chi connectivity index (χ1) is 7.86. The fourth-order valence-electron chi connectivity index (χ4n) is 2.68. The second kappa shape index (κ2) is 6.07. The summed E-state index contributed by atoms with van der Waals surface area (Å²) in [5, 5.41) is 0. The first-order valence-corrected chi connectivity index (χ1v) is 6.72. The molecule has 0 aromatic carbocycles. The number of rotatable bonds is 3. The Labute approximate surface area is 98.1 Å². The van der Waals surface area contributed by atoms with Crippen LogP contribution in [0.15, 0.2) is 11.8 Å². The van der Waals surface area contributed by atoms with Crippen molar-refractivity contribution >= 4 is 5.78 Å². The summed E-state index contributed by atoms with van der Waals surface area (Å²) in [5.74, 6) is 1.50. The molecule has 0 unspecified atom stereocenters. The van der Waals surface area contributed by atoms with Crippen LogP contribution in [0.5, 0.6) is 0 Å². The summed E-state index contributed by atoms with van der Waals surface area (Å²) in [6, 6.07) is 0. The van der Waals surface area contributed by atoms with Gasteiger partial charge in [-0.3, -0.25) is 4.79 Å². The summed E-state index contributed by atoms with van der Waals surface area (Å²) in [7, 11) is 0. The number of hydrogen-bond donors (Lipinski definition) is 0. The maximum atomic E-state index is 12.0. The molecule has 1 fully saturated rings.